The van der Waals surface area contributed by atoms with Gasteiger partial charge in [-0.1, -0.05) is 79.4 Å². The van der Waals surface area contributed by atoms with Gasteiger partial charge in [0.2, 0.25) is 0 Å². The van der Waals surface area contributed by atoms with E-state index in [0.29, 0.717) is 45.9 Å². The third-order valence-electron chi connectivity index (χ3n) is 10.3. The number of carbonyl (C=O) groups excluding carboxylic acids is 2. The summed E-state index contributed by atoms with van der Waals surface area (Å²) in [5, 5.41) is 2.70. The zero-order valence-corrected chi connectivity index (χ0v) is 34.2. The molecule has 0 bridgehead atoms. The van der Waals surface area contributed by atoms with Gasteiger partial charge in [0.25, 0.3) is 0 Å². The maximum atomic E-state index is 13.4. The minimum absolute atomic E-state index is 0.215. The van der Waals surface area contributed by atoms with Crippen LogP contribution in [0.5, 0.6) is 23.0 Å². The number of H-pyrrole nitrogens is 1. The van der Waals surface area contributed by atoms with Gasteiger partial charge in [-0.2, -0.15) is 0 Å². The van der Waals surface area contributed by atoms with Gasteiger partial charge in [0.1, 0.15) is 28.8 Å². The molecule has 316 valence electrons. The molecule has 2 aliphatic heterocycles. The minimum atomic E-state index is -0.802. The minimum Gasteiger partial charge on any atom is -0.457 e. The molecule has 0 radical (unpaired) electrons. The number of aromatic nitrogens is 3. The monoisotopic (exact) mass is 842 g/mol. The van der Waals surface area contributed by atoms with Crippen molar-refractivity contribution in [2.24, 2.45) is 5.92 Å². The number of hydrogen-bond acceptors (Lipinski definition) is 8. The maximum Gasteiger partial charge on any atom is 0.345 e. The number of nitrogens with zero attached hydrogens (tertiary/aromatic N) is 4. The fourth-order valence-corrected chi connectivity index (χ4v) is 7.05. The van der Waals surface area contributed by atoms with Gasteiger partial charge in [-0.15, -0.1) is 0 Å². The van der Waals surface area contributed by atoms with Crippen LogP contribution >= 0.6 is 0 Å². The largest absolute Gasteiger partial charge is 0.457 e. The van der Waals surface area contributed by atoms with Crippen molar-refractivity contribution in [2.45, 2.75) is 19.8 Å². The predicted octanol–water partition coefficient (Wildman–Crippen LogP) is 8.46. The van der Waals surface area contributed by atoms with Gasteiger partial charge < -0.3 is 14.2 Å². The second kappa shape index (κ2) is 18.6. The van der Waals surface area contributed by atoms with Crippen molar-refractivity contribution < 1.29 is 23.8 Å². The molecular weight excluding hydrogens is 801 g/mol. The van der Waals surface area contributed by atoms with Gasteiger partial charge in [-0.25, -0.2) is 42.9 Å². The van der Waals surface area contributed by atoms with Gasteiger partial charge in [-0.05, 0) is 116 Å². The lowest BCUT2D eigenvalue weighted by Gasteiger charge is -2.36. The van der Waals surface area contributed by atoms with E-state index in [2.05, 4.69) is 16.9 Å². The van der Waals surface area contributed by atoms with Gasteiger partial charge in [0, 0.05) is 5.92 Å². The molecule has 3 heterocycles. The van der Waals surface area contributed by atoms with Crippen LogP contribution in [0.15, 0.2) is 185 Å². The smallest absolute Gasteiger partial charge is 0.345 e. The highest BCUT2D eigenvalue weighted by atomic mass is 16.5. The molecule has 2 fully saturated rings. The molecule has 14 heteroatoms. The van der Waals surface area contributed by atoms with Crippen LogP contribution in [0, 0.1) is 12.8 Å². The van der Waals surface area contributed by atoms with Crippen molar-refractivity contribution in [1.29, 1.82) is 0 Å². The average Bonchev–Trinajstić information content (AvgIpc) is 3.26. The first-order chi connectivity index (χ1) is 30.6. The highest BCUT2D eigenvalue weighted by molar-refractivity contribution is 6.22. The van der Waals surface area contributed by atoms with E-state index in [-0.39, 0.29) is 5.82 Å². The number of nitrogens with one attached hydrogen (secondary N) is 2. The summed E-state index contributed by atoms with van der Waals surface area (Å²) in [7, 11) is 0. The molecule has 7 aromatic rings. The van der Waals surface area contributed by atoms with E-state index in [1.165, 1.54) is 4.90 Å². The van der Waals surface area contributed by atoms with Crippen LogP contribution in [0.1, 0.15) is 17.5 Å². The second-order valence-electron chi connectivity index (χ2n) is 14.7. The van der Waals surface area contributed by atoms with E-state index in [1.54, 1.807) is 66.7 Å². The Kier molecular flexibility index (Phi) is 12.2. The summed E-state index contributed by atoms with van der Waals surface area (Å²) in [6, 6.07) is 45.6. The second-order valence-corrected chi connectivity index (χ2v) is 14.7. The fourth-order valence-electron chi connectivity index (χ4n) is 7.05. The quantitative estimate of drug-likeness (QED) is 0.131. The molecule has 0 saturated carbocycles. The number of amides is 4. The Morgan fingerprint density at radius 3 is 1.70 bits per heavy atom. The van der Waals surface area contributed by atoms with Crippen molar-refractivity contribution in [3.05, 3.63) is 213 Å². The number of imide groups is 1. The highest BCUT2D eigenvalue weighted by Gasteiger charge is 2.37. The maximum absolute atomic E-state index is 13.4. The van der Waals surface area contributed by atoms with E-state index in [1.807, 2.05) is 97.9 Å². The normalized spacial score (nSPS) is 13.7. The summed E-state index contributed by atoms with van der Waals surface area (Å²) in [5.41, 5.74) is 1.10. The third-order valence-corrected chi connectivity index (χ3v) is 10.3. The Hall–Kier alpha value is -8.23. The molecule has 0 unspecified atom stereocenters. The summed E-state index contributed by atoms with van der Waals surface area (Å²) in [6.45, 7) is 7.19. The van der Waals surface area contributed by atoms with Crippen LogP contribution in [-0.2, 0) is 11.2 Å². The molecule has 1 aromatic heterocycles. The molecule has 6 aromatic carbocycles. The summed E-state index contributed by atoms with van der Waals surface area (Å²) >= 11 is 0. The Balaban J connectivity index is 0.000000175. The number of aromatic amines is 1. The zero-order valence-electron chi connectivity index (χ0n) is 34.2. The number of carbonyl (C=O) groups is 2. The molecule has 2 aliphatic rings. The zero-order chi connectivity index (χ0) is 43.9. The topological polar surface area (TPSA) is 157 Å². The number of aryl methyl sites for hydroxylation is 2. The molecule has 2 N–H and O–H groups in total. The van der Waals surface area contributed by atoms with Crippen molar-refractivity contribution in [1.82, 2.24) is 19.4 Å². The number of rotatable bonds is 11. The summed E-state index contributed by atoms with van der Waals surface area (Å²) in [5.74, 6) is 3.42. The van der Waals surface area contributed by atoms with Crippen LogP contribution < -0.4 is 41.7 Å². The Morgan fingerprint density at radius 2 is 1.13 bits per heavy atom. The molecule has 63 heavy (non-hydrogen) atoms. The Labute approximate surface area is 361 Å². The summed E-state index contributed by atoms with van der Waals surface area (Å²) < 4.78 is 19.1. The van der Waals surface area contributed by atoms with Gasteiger partial charge >= 0.3 is 29.1 Å². The average molecular weight is 843 g/mol. The molecule has 2 saturated heterocycles. The van der Waals surface area contributed by atoms with Crippen molar-refractivity contribution >= 4 is 23.4 Å². The van der Waals surface area contributed by atoms with Crippen molar-refractivity contribution in [2.75, 3.05) is 23.0 Å². The highest BCUT2D eigenvalue weighted by Crippen LogP contribution is 2.34. The van der Waals surface area contributed by atoms with Gasteiger partial charge in [-0.3, -0.25) is 10.3 Å². The van der Waals surface area contributed by atoms with Gasteiger partial charge in [0.05, 0.1) is 36.0 Å². The first-order valence-corrected chi connectivity index (χ1v) is 20.1. The van der Waals surface area contributed by atoms with Crippen LogP contribution in [0.4, 0.5) is 21.0 Å². The lowest BCUT2D eigenvalue weighted by Crippen LogP contribution is -2.58. The predicted molar refractivity (Wildman–Crippen MR) is 240 cm³/mol. The third kappa shape index (κ3) is 9.26. The molecule has 14 nitrogen and oxygen atoms in total. The summed E-state index contributed by atoms with van der Waals surface area (Å²) in [6.07, 6.45) is 1.67. The van der Waals surface area contributed by atoms with Crippen LogP contribution in [0.25, 0.3) is 11.4 Å². The SMILES string of the molecule is C=C1NC(=O)N(c2ccc(Oc3ccccc3)c(CCC3COC3)c2)C(=O)N1c1ccccc1.Cc1cc(-n2c(=O)[nH]c(=O)n(-c3ccccc3)c2=O)ccc1Oc1ccccc1. The number of ether oxygens (including phenoxy) is 3. The lowest BCUT2D eigenvalue weighted by molar-refractivity contribution is -0.0352. The standard InChI is InChI=1S/C27H25N3O4.C22H17N3O4/c1-19-28-26(31)30(27(32)29(19)22-8-4-2-5-9-22)23-14-15-25(34-24-10-6-3-7-11-24)21(16-23)13-12-20-17-33-18-20;1-15-14-17(12-13-19(15)29-18-10-6-3-7-11-18)25-21(27)23-20(26)24(22(25)28)16-8-4-2-5-9-16/h2-11,14-16,20H,1,12-13,17-18H2,(H,28,31);2-14H,1H3,(H,23,26,27). The van der Waals surface area contributed by atoms with Crippen molar-refractivity contribution in [3.8, 4) is 34.4 Å². The summed E-state index contributed by atoms with van der Waals surface area (Å²) in [4.78, 5) is 68.6. The number of anilines is 2. The number of hydrogen-bond donors (Lipinski definition) is 2. The van der Waals surface area contributed by atoms with Gasteiger partial charge in [0.15, 0.2) is 0 Å². The Bertz CT molecular complexity index is 2950. The molecule has 9 rings (SSSR count). The molecule has 4 amide bonds. The number of benzene rings is 6. The van der Waals surface area contributed by atoms with Crippen LogP contribution in [-0.4, -0.2) is 39.4 Å². The van der Waals surface area contributed by atoms with Crippen LogP contribution in [0.3, 0.4) is 0 Å². The first-order valence-electron chi connectivity index (χ1n) is 20.1. The van der Waals surface area contributed by atoms with Crippen LogP contribution in [0.2, 0.25) is 0 Å². The molecule has 0 atom stereocenters. The lowest BCUT2D eigenvalue weighted by atomic mass is 9.97. The van der Waals surface area contributed by atoms with E-state index in [4.69, 9.17) is 14.2 Å². The fraction of sp³-hybridized carbons (Fsp3) is 0.122. The van der Waals surface area contributed by atoms with Crippen molar-refractivity contribution in [3.63, 3.8) is 0 Å². The van der Waals surface area contributed by atoms with E-state index in [0.717, 1.165) is 57.0 Å². The molecule has 0 aliphatic carbocycles. The first kappa shape index (κ1) is 41.5. The van der Waals surface area contributed by atoms with E-state index >= 15 is 0 Å². The Morgan fingerprint density at radius 1 is 0.603 bits per heavy atom. The number of urea groups is 2. The molecule has 0 spiro atoms. The molecular formula is C49H42N6O8. The number of para-hydroxylation sites is 4. The van der Waals surface area contributed by atoms with E-state index < -0.39 is 29.1 Å². The van der Waals surface area contributed by atoms with E-state index in [9.17, 15) is 24.0 Å².